The summed E-state index contributed by atoms with van der Waals surface area (Å²) in [5.41, 5.74) is 6.24. The molecule has 0 aliphatic rings. The fourth-order valence-electron chi connectivity index (χ4n) is 1.37. The van der Waals surface area contributed by atoms with Crippen LogP contribution in [0.25, 0.3) is 11.3 Å². The standard InChI is InChI=1S/C11H8FN3O/c12-7-1-4-15-10(5-7)8-2-3-14-6-9(8)11(13)16/h1-6H,(H2,13,16). The lowest BCUT2D eigenvalue weighted by Gasteiger charge is -2.04. The number of halogens is 1. The van der Waals surface area contributed by atoms with Crippen LogP contribution in [0.15, 0.2) is 36.8 Å². The molecule has 0 aliphatic heterocycles. The van der Waals surface area contributed by atoms with Crippen LogP contribution < -0.4 is 5.73 Å². The molecule has 2 aromatic heterocycles. The highest BCUT2D eigenvalue weighted by Crippen LogP contribution is 2.20. The Hall–Kier alpha value is -2.30. The molecule has 0 atom stereocenters. The first-order chi connectivity index (χ1) is 7.68. The molecule has 2 N–H and O–H groups in total. The summed E-state index contributed by atoms with van der Waals surface area (Å²) < 4.78 is 13.0. The summed E-state index contributed by atoms with van der Waals surface area (Å²) in [7, 11) is 0. The maximum atomic E-state index is 13.0. The first-order valence-corrected chi connectivity index (χ1v) is 4.54. The Labute approximate surface area is 91.0 Å². The van der Waals surface area contributed by atoms with E-state index in [2.05, 4.69) is 9.97 Å². The number of rotatable bonds is 2. The minimum atomic E-state index is -0.617. The molecule has 1 amide bonds. The highest BCUT2D eigenvalue weighted by Gasteiger charge is 2.11. The number of nitrogens with zero attached hydrogens (tertiary/aromatic N) is 2. The molecule has 0 radical (unpaired) electrons. The van der Waals surface area contributed by atoms with E-state index in [0.29, 0.717) is 11.3 Å². The summed E-state index contributed by atoms with van der Waals surface area (Å²) in [6.45, 7) is 0. The molecule has 4 nitrogen and oxygen atoms in total. The Balaban J connectivity index is 2.60. The largest absolute Gasteiger partial charge is 0.366 e. The van der Waals surface area contributed by atoms with Gasteiger partial charge in [-0.25, -0.2) is 4.39 Å². The zero-order valence-corrected chi connectivity index (χ0v) is 8.22. The molecular formula is C11H8FN3O. The maximum Gasteiger partial charge on any atom is 0.250 e. The minimum absolute atomic E-state index is 0.223. The van der Waals surface area contributed by atoms with Crippen molar-refractivity contribution in [2.45, 2.75) is 0 Å². The third-order valence-electron chi connectivity index (χ3n) is 2.08. The fourth-order valence-corrected chi connectivity index (χ4v) is 1.37. The van der Waals surface area contributed by atoms with Gasteiger partial charge in [-0.15, -0.1) is 0 Å². The topological polar surface area (TPSA) is 68.9 Å². The van der Waals surface area contributed by atoms with E-state index in [-0.39, 0.29) is 5.56 Å². The first-order valence-electron chi connectivity index (χ1n) is 4.54. The predicted molar refractivity (Wildman–Crippen MR) is 55.9 cm³/mol. The summed E-state index contributed by atoms with van der Waals surface area (Å²) in [5, 5.41) is 0. The van der Waals surface area contributed by atoms with Crippen LogP contribution in [0.4, 0.5) is 4.39 Å². The van der Waals surface area contributed by atoms with Gasteiger partial charge in [0.1, 0.15) is 5.82 Å². The van der Waals surface area contributed by atoms with Crippen LogP contribution in [0.5, 0.6) is 0 Å². The van der Waals surface area contributed by atoms with Crippen LogP contribution in [-0.4, -0.2) is 15.9 Å². The van der Waals surface area contributed by atoms with Crippen molar-refractivity contribution in [2.75, 3.05) is 0 Å². The number of carbonyl (C=O) groups excluding carboxylic acids is 1. The van der Waals surface area contributed by atoms with Crippen molar-refractivity contribution in [1.82, 2.24) is 9.97 Å². The number of nitrogens with two attached hydrogens (primary N) is 1. The third-order valence-corrected chi connectivity index (χ3v) is 2.08. The zero-order valence-electron chi connectivity index (χ0n) is 8.22. The van der Waals surface area contributed by atoms with Gasteiger partial charge in [0.2, 0.25) is 0 Å². The molecule has 2 rings (SSSR count). The number of hydrogen-bond donors (Lipinski definition) is 1. The van der Waals surface area contributed by atoms with Crippen molar-refractivity contribution in [3.63, 3.8) is 0 Å². The number of pyridine rings is 2. The van der Waals surface area contributed by atoms with Gasteiger partial charge in [0.25, 0.3) is 5.91 Å². The highest BCUT2D eigenvalue weighted by atomic mass is 19.1. The van der Waals surface area contributed by atoms with Crippen molar-refractivity contribution in [3.8, 4) is 11.3 Å². The SMILES string of the molecule is NC(=O)c1cnccc1-c1cc(F)ccn1. The van der Waals surface area contributed by atoms with Crippen molar-refractivity contribution in [1.29, 1.82) is 0 Å². The second-order valence-corrected chi connectivity index (χ2v) is 3.14. The Morgan fingerprint density at radius 2 is 2.12 bits per heavy atom. The van der Waals surface area contributed by atoms with Crippen LogP contribution in [0.3, 0.4) is 0 Å². The maximum absolute atomic E-state index is 13.0. The quantitative estimate of drug-likeness (QED) is 0.826. The molecule has 0 saturated carbocycles. The van der Waals surface area contributed by atoms with E-state index < -0.39 is 11.7 Å². The van der Waals surface area contributed by atoms with Gasteiger partial charge in [-0.2, -0.15) is 0 Å². The van der Waals surface area contributed by atoms with Crippen LogP contribution in [0, 0.1) is 5.82 Å². The van der Waals surface area contributed by atoms with E-state index >= 15 is 0 Å². The summed E-state index contributed by atoms with van der Waals surface area (Å²) in [6, 6.07) is 4.04. The summed E-state index contributed by atoms with van der Waals surface area (Å²) in [4.78, 5) is 18.9. The molecule has 0 unspecified atom stereocenters. The molecule has 2 aromatic rings. The Morgan fingerprint density at radius 3 is 2.81 bits per heavy atom. The molecule has 0 aliphatic carbocycles. The van der Waals surface area contributed by atoms with Gasteiger partial charge in [-0.05, 0) is 12.1 Å². The van der Waals surface area contributed by atoms with Gasteiger partial charge in [-0.1, -0.05) is 0 Å². The summed E-state index contributed by atoms with van der Waals surface area (Å²) >= 11 is 0. The molecule has 0 fully saturated rings. The molecule has 16 heavy (non-hydrogen) atoms. The molecule has 0 spiro atoms. The molecule has 0 bridgehead atoms. The molecule has 0 saturated heterocycles. The lowest BCUT2D eigenvalue weighted by molar-refractivity contribution is 0.100. The lowest BCUT2D eigenvalue weighted by Crippen LogP contribution is -2.13. The first kappa shape index (κ1) is 10.2. The Morgan fingerprint density at radius 1 is 1.31 bits per heavy atom. The Bertz CT molecular complexity index is 542. The van der Waals surface area contributed by atoms with Crippen LogP contribution in [-0.2, 0) is 0 Å². The van der Waals surface area contributed by atoms with E-state index in [4.69, 9.17) is 5.73 Å². The normalized spacial score (nSPS) is 10.1. The summed E-state index contributed by atoms with van der Waals surface area (Å²) in [5.74, 6) is -1.04. The number of carbonyl (C=O) groups is 1. The van der Waals surface area contributed by atoms with E-state index in [1.54, 1.807) is 6.07 Å². The predicted octanol–water partition coefficient (Wildman–Crippen LogP) is 1.38. The average Bonchev–Trinajstić information content (AvgIpc) is 2.29. The minimum Gasteiger partial charge on any atom is -0.366 e. The van der Waals surface area contributed by atoms with Crippen LogP contribution in [0.2, 0.25) is 0 Å². The number of amides is 1. The average molecular weight is 217 g/mol. The number of aromatic nitrogens is 2. The number of primary amides is 1. The molecule has 2 heterocycles. The van der Waals surface area contributed by atoms with Crippen LogP contribution in [0.1, 0.15) is 10.4 Å². The van der Waals surface area contributed by atoms with E-state index in [1.165, 1.54) is 30.7 Å². The molecule has 5 heteroatoms. The van der Waals surface area contributed by atoms with Gasteiger partial charge in [0.15, 0.2) is 0 Å². The smallest absolute Gasteiger partial charge is 0.250 e. The van der Waals surface area contributed by atoms with Crippen molar-refractivity contribution in [2.24, 2.45) is 5.73 Å². The molecular weight excluding hydrogens is 209 g/mol. The summed E-state index contributed by atoms with van der Waals surface area (Å²) in [6.07, 6.45) is 4.16. The van der Waals surface area contributed by atoms with Crippen molar-refractivity contribution in [3.05, 3.63) is 48.2 Å². The van der Waals surface area contributed by atoms with Gasteiger partial charge >= 0.3 is 0 Å². The zero-order chi connectivity index (χ0) is 11.5. The van der Waals surface area contributed by atoms with Gasteiger partial charge in [-0.3, -0.25) is 14.8 Å². The second-order valence-electron chi connectivity index (χ2n) is 3.14. The third kappa shape index (κ3) is 1.88. The molecule has 0 aromatic carbocycles. The van der Waals surface area contributed by atoms with Gasteiger partial charge < -0.3 is 5.73 Å². The molecule has 80 valence electrons. The second kappa shape index (κ2) is 4.06. The lowest BCUT2D eigenvalue weighted by atomic mass is 10.1. The van der Waals surface area contributed by atoms with Crippen LogP contribution >= 0.6 is 0 Å². The monoisotopic (exact) mass is 217 g/mol. The van der Waals surface area contributed by atoms with E-state index in [9.17, 15) is 9.18 Å². The number of hydrogen-bond acceptors (Lipinski definition) is 3. The van der Waals surface area contributed by atoms with Gasteiger partial charge in [0, 0.05) is 30.2 Å². The van der Waals surface area contributed by atoms with Crippen molar-refractivity contribution < 1.29 is 9.18 Å². The van der Waals surface area contributed by atoms with E-state index in [1.807, 2.05) is 0 Å². The highest BCUT2D eigenvalue weighted by molar-refractivity contribution is 5.98. The van der Waals surface area contributed by atoms with Crippen molar-refractivity contribution >= 4 is 5.91 Å². The van der Waals surface area contributed by atoms with E-state index in [0.717, 1.165) is 0 Å². The van der Waals surface area contributed by atoms with Gasteiger partial charge in [0.05, 0.1) is 11.3 Å². The Kier molecular flexibility index (Phi) is 2.59. The fraction of sp³-hybridized carbons (Fsp3) is 0.